The molecule has 5 heteroatoms. The van der Waals surface area contributed by atoms with Crippen molar-refractivity contribution in [3.63, 3.8) is 0 Å². The highest BCUT2D eigenvalue weighted by Gasteiger charge is 2.26. The van der Waals surface area contributed by atoms with Gasteiger partial charge >= 0.3 is 5.97 Å². The summed E-state index contributed by atoms with van der Waals surface area (Å²) >= 11 is 0. The van der Waals surface area contributed by atoms with E-state index in [0.717, 1.165) is 12.1 Å². The summed E-state index contributed by atoms with van der Waals surface area (Å²) in [5.41, 5.74) is 1.63. The minimum Gasteiger partial charge on any atom is -0.481 e. The van der Waals surface area contributed by atoms with E-state index in [2.05, 4.69) is 22.5 Å². The van der Waals surface area contributed by atoms with Crippen LogP contribution in [0.25, 0.3) is 0 Å². The summed E-state index contributed by atoms with van der Waals surface area (Å²) in [5.74, 6) is -0.759. The van der Waals surface area contributed by atoms with Crippen LogP contribution in [0, 0.1) is 5.41 Å². The maximum absolute atomic E-state index is 11.0. The molecule has 0 spiro atoms. The fourth-order valence-electron chi connectivity index (χ4n) is 2.10. The van der Waals surface area contributed by atoms with Gasteiger partial charge in [-0.25, -0.2) is 0 Å². The lowest BCUT2D eigenvalue weighted by atomic mass is 9.90. The van der Waals surface area contributed by atoms with Crippen molar-refractivity contribution in [1.29, 1.82) is 0 Å². The van der Waals surface area contributed by atoms with Gasteiger partial charge in [-0.1, -0.05) is 30.3 Å². The van der Waals surface area contributed by atoms with Gasteiger partial charge in [0.2, 0.25) is 0 Å². The topological polar surface area (TPSA) is 67.2 Å². The van der Waals surface area contributed by atoms with Gasteiger partial charge in [0, 0.05) is 18.3 Å². The zero-order valence-electron chi connectivity index (χ0n) is 13.1. The number of nitrogens with zero attached hydrogens (tertiary/aromatic N) is 2. The third-order valence-electron chi connectivity index (χ3n) is 3.71. The molecule has 1 heterocycles. The predicted molar refractivity (Wildman–Crippen MR) is 85.5 cm³/mol. The average molecular weight is 301 g/mol. The molecule has 0 bridgehead atoms. The smallest absolute Gasteiger partial charge is 0.309 e. The van der Waals surface area contributed by atoms with Crippen LogP contribution in [0.5, 0.6) is 0 Å². The minimum atomic E-state index is -0.759. The van der Waals surface area contributed by atoms with Crippen LogP contribution in [0.3, 0.4) is 0 Å². The molecule has 0 aliphatic rings. The third-order valence-corrected chi connectivity index (χ3v) is 3.71. The third kappa shape index (κ3) is 4.70. The highest BCUT2D eigenvalue weighted by Crippen LogP contribution is 2.19. The number of benzene rings is 1. The molecule has 22 heavy (non-hydrogen) atoms. The number of carbonyl (C=O) groups is 1. The van der Waals surface area contributed by atoms with Crippen molar-refractivity contribution in [1.82, 2.24) is 15.1 Å². The highest BCUT2D eigenvalue weighted by atomic mass is 16.4. The first-order valence-electron chi connectivity index (χ1n) is 7.47. The summed E-state index contributed by atoms with van der Waals surface area (Å²) in [6, 6.07) is 10.2. The van der Waals surface area contributed by atoms with Crippen molar-refractivity contribution in [3.8, 4) is 0 Å². The molecule has 0 aliphatic carbocycles. The second kappa shape index (κ2) is 7.22. The molecule has 0 radical (unpaired) electrons. The van der Waals surface area contributed by atoms with Crippen LogP contribution < -0.4 is 5.32 Å². The lowest BCUT2D eigenvalue weighted by Crippen LogP contribution is -2.28. The monoisotopic (exact) mass is 301 g/mol. The van der Waals surface area contributed by atoms with Crippen LogP contribution in [0.2, 0.25) is 0 Å². The number of nitrogens with one attached hydrogen (secondary N) is 1. The van der Waals surface area contributed by atoms with Crippen molar-refractivity contribution in [2.45, 2.75) is 33.4 Å². The van der Waals surface area contributed by atoms with Crippen LogP contribution in [0.4, 0.5) is 0 Å². The van der Waals surface area contributed by atoms with E-state index >= 15 is 0 Å². The SMILES string of the molecule is CC(C)(CCNCc1cnn(Cc2ccccc2)c1)C(=O)O. The molecular weight excluding hydrogens is 278 g/mol. The Balaban J connectivity index is 1.77. The Kier molecular flexibility index (Phi) is 5.33. The van der Waals surface area contributed by atoms with Crippen molar-refractivity contribution in [2.24, 2.45) is 5.41 Å². The van der Waals surface area contributed by atoms with Crippen molar-refractivity contribution >= 4 is 5.97 Å². The fourth-order valence-corrected chi connectivity index (χ4v) is 2.10. The van der Waals surface area contributed by atoms with Crippen LogP contribution in [0.15, 0.2) is 42.7 Å². The molecule has 0 saturated carbocycles. The first-order chi connectivity index (χ1) is 10.5. The van der Waals surface area contributed by atoms with Crippen LogP contribution in [-0.4, -0.2) is 27.4 Å². The van der Waals surface area contributed by atoms with E-state index in [1.165, 1.54) is 5.56 Å². The lowest BCUT2D eigenvalue weighted by Gasteiger charge is -2.18. The number of carboxylic acid groups (broad SMARTS) is 1. The summed E-state index contributed by atoms with van der Waals surface area (Å²) in [6.45, 7) is 5.62. The molecule has 1 aromatic carbocycles. The molecule has 2 aromatic rings. The number of aromatic nitrogens is 2. The highest BCUT2D eigenvalue weighted by molar-refractivity contribution is 5.73. The zero-order valence-corrected chi connectivity index (χ0v) is 13.1. The number of hydrogen-bond donors (Lipinski definition) is 2. The van der Waals surface area contributed by atoms with Gasteiger partial charge in [0.15, 0.2) is 0 Å². The predicted octanol–water partition coefficient (Wildman–Crippen LogP) is 2.52. The van der Waals surface area contributed by atoms with Gasteiger partial charge < -0.3 is 10.4 Å². The first kappa shape index (κ1) is 16.2. The van der Waals surface area contributed by atoms with Gasteiger partial charge in [0.1, 0.15) is 0 Å². The summed E-state index contributed by atoms with van der Waals surface area (Å²) in [5, 5.41) is 16.7. The molecule has 118 valence electrons. The van der Waals surface area contributed by atoms with E-state index in [4.69, 9.17) is 5.11 Å². The van der Waals surface area contributed by atoms with Crippen LogP contribution >= 0.6 is 0 Å². The number of aliphatic carboxylic acids is 1. The molecule has 0 aliphatic heterocycles. The molecule has 0 atom stereocenters. The Morgan fingerprint density at radius 2 is 2.00 bits per heavy atom. The van der Waals surface area contributed by atoms with Crippen LogP contribution in [0.1, 0.15) is 31.4 Å². The normalized spacial score (nSPS) is 11.5. The molecule has 2 rings (SSSR count). The van der Waals surface area contributed by atoms with Crippen molar-refractivity contribution in [2.75, 3.05) is 6.54 Å². The van der Waals surface area contributed by atoms with E-state index in [1.807, 2.05) is 35.3 Å². The summed E-state index contributed by atoms with van der Waals surface area (Å²) in [6.07, 6.45) is 4.46. The Morgan fingerprint density at radius 3 is 2.68 bits per heavy atom. The summed E-state index contributed by atoms with van der Waals surface area (Å²) in [7, 11) is 0. The van der Waals surface area contributed by atoms with Crippen LogP contribution in [-0.2, 0) is 17.9 Å². The Labute approximate surface area is 131 Å². The molecule has 0 unspecified atom stereocenters. The maximum Gasteiger partial charge on any atom is 0.309 e. The van der Waals surface area contributed by atoms with Gasteiger partial charge in [0.05, 0.1) is 18.2 Å². The number of carboxylic acids is 1. The average Bonchev–Trinajstić information content (AvgIpc) is 2.92. The second-order valence-corrected chi connectivity index (χ2v) is 6.15. The zero-order chi connectivity index (χ0) is 16.0. The Morgan fingerprint density at radius 1 is 1.27 bits per heavy atom. The van der Waals surface area contributed by atoms with Crippen molar-refractivity contribution in [3.05, 3.63) is 53.9 Å². The number of hydrogen-bond acceptors (Lipinski definition) is 3. The van der Waals surface area contributed by atoms with E-state index < -0.39 is 11.4 Å². The van der Waals surface area contributed by atoms with E-state index in [0.29, 0.717) is 19.5 Å². The molecule has 0 saturated heterocycles. The molecule has 2 N–H and O–H groups in total. The fraction of sp³-hybridized carbons (Fsp3) is 0.412. The molecule has 1 aromatic heterocycles. The Bertz CT molecular complexity index is 605. The van der Waals surface area contributed by atoms with E-state index in [-0.39, 0.29) is 0 Å². The van der Waals surface area contributed by atoms with Gasteiger partial charge in [-0.3, -0.25) is 9.48 Å². The quantitative estimate of drug-likeness (QED) is 0.735. The molecular formula is C17H23N3O2. The largest absolute Gasteiger partial charge is 0.481 e. The van der Waals surface area contributed by atoms with Gasteiger partial charge in [-0.2, -0.15) is 5.10 Å². The molecule has 0 fully saturated rings. The van der Waals surface area contributed by atoms with Gasteiger partial charge in [0.25, 0.3) is 0 Å². The second-order valence-electron chi connectivity index (χ2n) is 6.15. The van der Waals surface area contributed by atoms with E-state index in [9.17, 15) is 4.79 Å². The molecule has 0 amide bonds. The minimum absolute atomic E-state index is 0.598. The maximum atomic E-state index is 11.0. The van der Waals surface area contributed by atoms with Crippen molar-refractivity contribution < 1.29 is 9.90 Å². The van der Waals surface area contributed by atoms with Gasteiger partial charge in [-0.15, -0.1) is 0 Å². The summed E-state index contributed by atoms with van der Waals surface area (Å²) in [4.78, 5) is 11.0. The summed E-state index contributed by atoms with van der Waals surface area (Å²) < 4.78 is 1.91. The lowest BCUT2D eigenvalue weighted by molar-refractivity contribution is -0.147. The molecule has 5 nitrogen and oxygen atoms in total. The Hall–Kier alpha value is -2.14. The first-order valence-corrected chi connectivity index (χ1v) is 7.47. The van der Waals surface area contributed by atoms with Gasteiger partial charge in [-0.05, 0) is 32.4 Å². The number of rotatable bonds is 8. The standard InChI is InChI=1S/C17H23N3O2/c1-17(2,16(21)22)8-9-18-10-15-11-19-20(13-15)12-14-6-4-3-5-7-14/h3-7,11,13,18H,8-10,12H2,1-2H3,(H,21,22). The van der Waals surface area contributed by atoms with E-state index in [1.54, 1.807) is 13.8 Å².